The van der Waals surface area contributed by atoms with E-state index in [9.17, 15) is 13.2 Å². The van der Waals surface area contributed by atoms with Gasteiger partial charge in [0.25, 0.3) is 0 Å². The highest BCUT2D eigenvalue weighted by Gasteiger charge is 2.30. The maximum atomic E-state index is 12.7. The molecule has 2 rings (SSSR count). The third-order valence-corrected chi connectivity index (χ3v) is 6.43. The van der Waals surface area contributed by atoms with Crippen molar-refractivity contribution in [3.05, 3.63) is 18.2 Å². The molecule has 0 unspecified atom stereocenters. The molecular weight excluding hydrogens is 390 g/mol. The highest BCUT2D eigenvalue weighted by atomic mass is 35.5. The smallest absolute Gasteiger partial charge is 0.246 e. The number of anilines is 1. The van der Waals surface area contributed by atoms with Crippen molar-refractivity contribution < 1.29 is 17.9 Å². The van der Waals surface area contributed by atoms with Crippen LogP contribution < -0.4 is 15.8 Å². The minimum atomic E-state index is -3.56. The number of rotatable bonds is 10. The van der Waals surface area contributed by atoms with Gasteiger partial charge in [-0.2, -0.15) is 4.31 Å². The molecule has 1 amide bonds. The Labute approximate surface area is 168 Å². The van der Waals surface area contributed by atoms with Gasteiger partial charge in [-0.05, 0) is 44.4 Å². The molecule has 1 heterocycles. The molecular formula is C18H30ClN3O4S. The number of nitrogens with one attached hydrogen (secondary N) is 1. The van der Waals surface area contributed by atoms with Crippen LogP contribution in [0.5, 0.6) is 5.75 Å². The first-order valence-electron chi connectivity index (χ1n) is 9.17. The molecule has 3 N–H and O–H groups in total. The average Bonchev–Trinajstić information content (AvgIpc) is 3.17. The molecule has 1 saturated heterocycles. The molecule has 0 saturated carbocycles. The van der Waals surface area contributed by atoms with Crippen LogP contribution in [0.25, 0.3) is 0 Å². The lowest BCUT2D eigenvalue weighted by atomic mass is 10.1. The summed E-state index contributed by atoms with van der Waals surface area (Å²) in [7, 11) is -2.13. The number of nitrogens with two attached hydrogens (primary N) is 1. The minimum absolute atomic E-state index is 0. The molecule has 27 heavy (non-hydrogen) atoms. The summed E-state index contributed by atoms with van der Waals surface area (Å²) in [5, 5.41) is 2.80. The van der Waals surface area contributed by atoms with Gasteiger partial charge in [0.1, 0.15) is 10.6 Å². The summed E-state index contributed by atoms with van der Waals surface area (Å²) in [6, 6.07) is 4.68. The molecule has 0 radical (unpaired) electrons. The van der Waals surface area contributed by atoms with Gasteiger partial charge in [-0.1, -0.05) is 12.8 Å². The summed E-state index contributed by atoms with van der Waals surface area (Å²) in [6.45, 7) is 1.75. The van der Waals surface area contributed by atoms with Gasteiger partial charge in [0, 0.05) is 31.3 Å². The Morgan fingerprint density at radius 1 is 1.19 bits per heavy atom. The molecule has 1 aliphatic heterocycles. The van der Waals surface area contributed by atoms with Crippen molar-refractivity contribution in [2.45, 2.75) is 49.8 Å². The van der Waals surface area contributed by atoms with Gasteiger partial charge in [-0.15, -0.1) is 12.4 Å². The van der Waals surface area contributed by atoms with Crippen LogP contribution in [0.2, 0.25) is 0 Å². The fourth-order valence-corrected chi connectivity index (χ4v) is 4.69. The number of carbonyl (C=O) groups is 1. The summed E-state index contributed by atoms with van der Waals surface area (Å²) < 4.78 is 32.2. The third kappa shape index (κ3) is 6.64. The normalized spacial score (nSPS) is 14.6. The average molecular weight is 420 g/mol. The van der Waals surface area contributed by atoms with Crippen molar-refractivity contribution >= 4 is 34.0 Å². The first kappa shape index (κ1) is 23.7. The van der Waals surface area contributed by atoms with E-state index >= 15 is 0 Å². The zero-order valence-electron chi connectivity index (χ0n) is 15.8. The number of carbonyl (C=O) groups excluding carboxylic acids is 1. The lowest BCUT2D eigenvalue weighted by Crippen LogP contribution is -2.28. The molecule has 0 spiro atoms. The number of ether oxygens (including phenoxy) is 1. The van der Waals surface area contributed by atoms with Crippen molar-refractivity contribution in [1.29, 1.82) is 0 Å². The second kappa shape index (κ2) is 11.5. The molecule has 0 bridgehead atoms. The lowest BCUT2D eigenvalue weighted by molar-refractivity contribution is -0.116. The summed E-state index contributed by atoms with van der Waals surface area (Å²) in [6.07, 6.45) is 5.97. The van der Waals surface area contributed by atoms with Crippen LogP contribution in [0.3, 0.4) is 0 Å². The van der Waals surface area contributed by atoms with Gasteiger partial charge in [0.15, 0.2) is 0 Å². The fraction of sp³-hybridized carbons (Fsp3) is 0.611. The lowest BCUT2D eigenvalue weighted by Gasteiger charge is -2.18. The van der Waals surface area contributed by atoms with E-state index in [2.05, 4.69) is 5.32 Å². The summed E-state index contributed by atoms with van der Waals surface area (Å²) >= 11 is 0. The van der Waals surface area contributed by atoms with Crippen molar-refractivity contribution in [3.8, 4) is 5.75 Å². The topological polar surface area (TPSA) is 102 Å². The second-order valence-electron chi connectivity index (χ2n) is 6.48. The largest absolute Gasteiger partial charge is 0.495 e. The van der Waals surface area contributed by atoms with Crippen molar-refractivity contribution in [2.75, 3.05) is 32.1 Å². The van der Waals surface area contributed by atoms with Crippen LogP contribution in [-0.2, 0) is 14.8 Å². The molecule has 7 nitrogen and oxygen atoms in total. The molecule has 1 fully saturated rings. The van der Waals surface area contributed by atoms with Gasteiger partial charge in [-0.3, -0.25) is 4.79 Å². The number of halogens is 1. The van der Waals surface area contributed by atoms with Crippen LogP contribution in [0.15, 0.2) is 23.1 Å². The van der Waals surface area contributed by atoms with Gasteiger partial charge in [-0.25, -0.2) is 8.42 Å². The number of hydrogen-bond acceptors (Lipinski definition) is 5. The number of amides is 1. The van der Waals surface area contributed by atoms with Crippen molar-refractivity contribution in [3.63, 3.8) is 0 Å². The maximum absolute atomic E-state index is 12.7. The number of hydrogen-bond donors (Lipinski definition) is 2. The highest BCUT2D eigenvalue weighted by molar-refractivity contribution is 7.89. The Morgan fingerprint density at radius 3 is 2.48 bits per heavy atom. The third-order valence-electron chi connectivity index (χ3n) is 4.49. The summed E-state index contributed by atoms with van der Waals surface area (Å²) in [5.41, 5.74) is 5.98. The molecule has 0 aromatic heterocycles. The number of benzene rings is 1. The van der Waals surface area contributed by atoms with Crippen molar-refractivity contribution in [2.24, 2.45) is 5.73 Å². The zero-order valence-corrected chi connectivity index (χ0v) is 17.4. The van der Waals surface area contributed by atoms with E-state index in [4.69, 9.17) is 10.5 Å². The molecule has 0 aliphatic carbocycles. The fourth-order valence-electron chi connectivity index (χ4n) is 3.03. The number of unbranched alkanes of at least 4 members (excludes halogenated alkanes) is 3. The Hall–Kier alpha value is -1.35. The molecule has 154 valence electrons. The molecule has 0 atom stereocenters. The SMILES string of the molecule is COc1cc(NC(=O)CCCCCCN)ccc1S(=O)(=O)N1CCCC1.Cl. The van der Waals surface area contributed by atoms with E-state index in [0.29, 0.717) is 31.7 Å². The Morgan fingerprint density at radius 2 is 1.85 bits per heavy atom. The summed E-state index contributed by atoms with van der Waals surface area (Å²) in [5.74, 6) is 0.160. The number of sulfonamides is 1. The van der Waals surface area contributed by atoms with Gasteiger partial charge in [0.2, 0.25) is 15.9 Å². The predicted molar refractivity (Wildman–Crippen MR) is 109 cm³/mol. The highest BCUT2D eigenvalue weighted by Crippen LogP contribution is 2.31. The first-order chi connectivity index (χ1) is 12.5. The van der Waals surface area contributed by atoms with Gasteiger partial charge in [0.05, 0.1) is 7.11 Å². The quantitative estimate of drug-likeness (QED) is 0.567. The van der Waals surface area contributed by atoms with E-state index in [1.807, 2.05) is 0 Å². The zero-order chi connectivity index (χ0) is 19.0. The molecule has 1 aliphatic rings. The van der Waals surface area contributed by atoms with Crippen LogP contribution >= 0.6 is 12.4 Å². The van der Waals surface area contributed by atoms with Crippen LogP contribution in [-0.4, -0.2) is 45.4 Å². The number of methoxy groups -OCH3 is 1. The van der Waals surface area contributed by atoms with E-state index in [1.165, 1.54) is 17.5 Å². The minimum Gasteiger partial charge on any atom is -0.495 e. The standard InChI is InChI=1S/C18H29N3O4S.ClH/c1-25-16-14-15(20-18(22)8-4-2-3-5-11-19)9-10-17(16)26(23,24)21-12-6-7-13-21;/h9-10,14H,2-8,11-13,19H2,1H3,(H,20,22);1H. The van der Waals surface area contributed by atoms with Crippen LogP contribution in [0.1, 0.15) is 44.9 Å². The second-order valence-corrected chi connectivity index (χ2v) is 8.38. The maximum Gasteiger partial charge on any atom is 0.246 e. The monoisotopic (exact) mass is 419 g/mol. The van der Waals surface area contributed by atoms with E-state index in [0.717, 1.165) is 38.5 Å². The number of nitrogens with zero attached hydrogens (tertiary/aromatic N) is 1. The van der Waals surface area contributed by atoms with Gasteiger partial charge >= 0.3 is 0 Å². The molecule has 1 aromatic carbocycles. The summed E-state index contributed by atoms with van der Waals surface area (Å²) in [4.78, 5) is 12.2. The van der Waals surface area contributed by atoms with Crippen LogP contribution in [0, 0.1) is 0 Å². The Bertz CT molecular complexity index is 707. The molecule has 1 aromatic rings. The van der Waals surface area contributed by atoms with Crippen molar-refractivity contribution in [1.82, 2.24) is 4.31 Å². The molecule has 9 heteroatoms. The predicted octanol–water partition coefficient (Wildman–Crippen LogP) is 2.75. The Balaban J connectivity index is 0.00000364. The Kier molecular flexibility index (Phi) is 10.1. The van der Waals surface area contributed by atoms with E-state index < -0.39 is 10.0 Å². The first-order valence-corrected chi connectivity index (χ1v) is 10.6. The van der Waals surface area contributed by atoms with E-state index in [1.54, 1.807) is 12.1 Å². The van der Waals surface area contributed by atoms with Crippen LogP contribution in [0.4, 0.5) is 5.69 Å². The van der Waals surface area contributed by atoms with Gasteiger partial charge < -0.3 is 15.8 Å². The van der Waals surface area contributed by atoms with E-state index in [-0.39, 0.29) is 29.0 Å².